The first-order chi connectivity index (χ1) is 14.7. The Labute approximate surface area is 183 Å². The Kier molecular flexibility index (Phi) is 4.51. The van der Waals surface area contributed by atoms with E-state index in [9.17, 15) is 18.3 Å². The van der Waals surface area contributed by atoms with Crippen LogP contribution in [0.5, 0.6) is 0 Å². The fraction of sp³-hybridized carbons (Fsp3) is 0.458. The van der Waals surface area contributed by atoms with Crippen molar-refractivity contribution in [3.8, 4) is 0 Å². The second-order valence-corrected chi connectivity index (χ2v) is 11.1. The molecule has 2 aromatic carbocycles. The highest BCUT2D eigenvalue weighted by Crippen LogP contribution is 2.50. The maximum absolute atomic E-state index is 13.5. The van der Waals surface area contributed by atoms with Gasteiger partial charge in [0.2, 0.25) is 5.91 Å². The van der Waals surface area contributed by atoms with Gasteiger partial charge in [0.15, 0.2) is 0 Å². The van der Waals surface area contributed by atoms with Crippen LogP contribution in [0.1, 0.15) is 33.3 Å². The van der Waals surface area contributed by atoms with Crippen LogP contribution < -0.4 is 4.31 Å². The van der Waals surface area contributed by atoms with Crippen LogP contribution in [-0.4, -0.2) is 43.5 Å². The number of aliphatic hydroxyl groups excluding tert-OH is 1. The highest BCUT2D eigenvalue weighted by Gasteiger charge is 2.56. The Morgan fingerprint density at radius 3 is 2.58 bits per heavy atom. The summed E-state index contributed by atoms with van der Waals surface area (Å²) >= 11 is 0. The summed E-state index contributed by atoms with van der Waals surface area (Å²) in [5.74, 6) is 0.539. The molecule has 0 spiro atoms. The predicted molar refractivity (Wildman–Crippen MR) is 120 cm³/mol. The SMILES string of the molecule is CC1=C(CN2c3cccc4c(CCO)ccc(c34)S2(=O)=O)[C@H](C)[C@@H]2[C@@H](C(C)C)C(=O)N12. The largest absolute Gasteiger partial charge is 0.396 e. The number of anilines is 1. The van der Waals surface area contributed by atoms with Gasteiger partial charge in [0, 0.05) is 23.6 Å². The fourth-order valence-corrected chi connectivity index (χ4v) is 7.50. The standard InChI is InChI=1S/C24H28N2O4S/c1-13(2)21-23-14(3)18(15(4)26(23)24(21)28)12-25-19-7-5-6-17-16(10-11-27)8-9-20(22(17)19)31(25,29)30/h5-9,13-14,21,23,27H,10-12H2,1-4H3/t14-,21+,23+/m0/s1. The number of carbonyl (C=O) groups is 1. The number of sulfonamides is 1. The lowest BCUT2D eigenvalue weighted by Gasteiger charge is -2.47. The first-order valence-corrected chi connectivity index (χ1v) is 12.3. The topological polar surface area (TPSA) is 77.9 Å². The Hall–Kier alpha value is -2.38. The number of benzene rings is 2. The molecule has 3 heterocycles. The molecule has 6 nitrogen and oxygen atoms in total. The number of rotatable bonds is 5. The first kappa shape index (κ1) is 20.5. The summed E-state index contributed by atoms with van der Waals surface area (Å²) in [5, 5.41) is 11.0. The minimum absolute atomic E-state index is 0.000644. The second-order valence-electron chi connectivity index (χ2n) is 9.28. The van der Waals surface area contributed by atoms with Crippen molar-refractivity contribution < 1.29 is 18.3 Å². The van der Waals surface area contributed by atoms with Crippen molar-refractivity contribution in [3.63, 3.8) is 0 Å². The maximum Gasteiger partial charge on any atom is 0.265 e. The molecule has 31 heavy (non-hydrogen) atoms. The van der Waals surface area contributed by atoms with Crippen LogP contribution in [0.2, 0.25) is 0 Å². The molecule has 1 fully saturated rings. The number of nitrogens with zero attached hydrogens (tertiary/aromatic N) is 2. The van der Waals surface area contributed by atoms with Crippen LogP contribution in [0, 0.1) is 17.8 Å². The summed E-state index contributed by atoms with van der Waals surface area (Å²) in [6.07, 6.45) is 0.483. The fourth-order valence-electron chi connectivity index (χ4n) is 5.83. The van der Waals surface area contributed by atoms with Crippen LogP contribution in [0.3, 0.4) is 0 Å². The quantitative estimate of drug-likeness (QED) is 0.724. The molecule has 1 N–H and O–H groups in total. The van der Waals surface area contributed by atoms with Crippen LogP contribution in [0.25, 0.3) is 10.8 Å². The van der Waals surface area contributed by atoms with Crippen molar-refractivity contribution in [2.45, 2.75) is 45.1 Å². The van der Waals surface area contributed by atoms with Crippen molar-refractivity contribution >= 4 is 32.4 Å². The van der Waals surface area contributed by atoms with Gasteiger partial charge in [-0.25, -0.2) is 8.42 Å². The molecule has 3 atom stereocenters. The zero-order chi connectivity index (χ0) is 22.2. The molecule has 0 aromatic heterocycles. The van der Waals surface area contributed by atoms with Gasteiger partial charge in [-0.3, -0.25) is 9.10 Å². The molecule has 0 aliphatic carbocycles. The van der Waals surface area contributed by atoms with E-state index in [1.807, 2.05) is 30.0 Å². The number of hydrogen-bond acceptors (Lipinski definition) is 4. The van der Waals surface area contributed by atoms with Crippen molar-refractivity contribution in [2.75, 3.05) is 17.5 Å². The van der Waals surface area contributed by atoms with Gasteiger partial charge in [-0.2, -0.15) is 0 Å². The number of fused-ring (bicyclic) bond motifs is 1. The molecular weight excluding hydrogens is 412 g/mol. The lowest BCUT2D eigenvalue weighted by molar-refractivity contribution is -0.155. The predicted octanol–water partition coefficient (Wildman–Crippen LogP) is 3.29. The van der Waals surface area contributed by atoms with Crippen LogP contribution in [0.4, 0.5) is 5.69 Å². The van der Waals surface area contributed by atoms with E-state index in [1.165, 1.54) is 4.31 Å². The number of aliphatic hydroxyl groups is 1. The van der Waals surface area contributed by atoms with E-state index in [-0.39, 0.29) is 42.9 Å². The van der Waals surface area contributed by atoms with Crippen molar-refractivity contribution in [2.24, 2.45) is 17.8 Å². The van der Waals surface area contributed by atoms with E-state index in [4.69, 9.17) is 0 Å². The highest BCUT2D eigenvalue weighted by molar-refractivity contribution is 7.93. The van der Waals surface area contributed by atoms with E-state index < -0.39 is 10.0 Å². The van der Waals surface area contributed by atoms with Gasteiger partial charge in [0.05, 0.1) is 29.1 Å². The zero-order valence-corrected chi connectivity index (χ0v) is 19.1. The Bertz CT molecular complexity index is 1250. The molecule has 1 saturated heterocycles. The van der Waals surface area contributed by atoms with Crippen LogP contribution >= 0.6 is 0 Å². The molecule has 3 aliphatic heterocycles. The van der Waals surface area contributed by atoms with Gasteiger partial charge >= 0.3 is 0 Å². The molecule has 0 bridgehead atoms. The first-order valence-electron chi connectivity index (χ1n) is 10.9. The van der Waals surface area contributed by atoms with Crippen molar-refractivity contribution in [3.05, 3.63) is 47.2 Å². The van der Waals surface area contributed by atoms with Gasteiger partial charge in [-0.1, -0.05) is 39.0 Å². The molecule has 1 amide bonds. The second kappa shape index (κ2) is 6.81. The maximum atomic E-state index is 13.5. The molecule has 7 heteroatoms. The van der Waals surface area contributed by atoms with Gasteiger partial charge < -0.3 is 10.0 Å². The molecule has 0 saturated carbocycles. The zero-order valence-electron chi connectivity index (χ0n) is 18.3. The third kappa shape index (κ3) is 2.59. The Morgan fingerprint density at radius 2 is 1.90 bits per heavy atom. The Morgan fingerprint density at radius 1 is 1.16 bits per heavy atom. The van der Waals surface area contributed by atoms with Gasteiger partial charge in [0.25, 0.3) is 10.0 Å². The molecule has 3 aliphatic rings. The van der Waals surface area contributed by atoms with E-state index in [2.05, 4.69) is 20.8 Å². The average Bonchev–Trinajstić information content (AvgIpc) is 3.05. The summed E-state index contributed by atoms with van der Waals surface area (Å²) in [5.41, 5.74) is 3.55. The minimum atomic E-state index is -3.69. The molecule has 2 aromatic rings. The van der Waals surface area contributed by atoms with E-state index in [0.717, 1.165) is 27.6 Å². The lowest BCUT2D eigenvalue weighted by Crippen LogP contribution is -2.61. The summed E-state index contributed by atoms with van der Waals surface area (Å²) in [6.45, 7) is 8.47. The third-order valence-corrected chi connectivity index (χ3v) is 9.20. The number of hydrogen-bond donors (Lipinski definition) is 1. The van der Waals surface area contributed by atoms with Gasteiger partial charge in [-0.05, 0) is 47.9 Å². The summed E-state index contributed by atoms with van der Waals surface area (Å²) in [4.78, 5) is 14.9. The van der Waals surface area contributed by atoms with Crippen LogP contribution in [-0.2, 0) is 21.2 Å². The molecule has 0 unspecified atom stereocenters. The molecular formula is C24H28N2O4S. The van der Waals surface area contributed by atoms with Crippen LogP contribution in [0.15, 0.2) is 46.5 Å². The van der Waals surface area contributed by atoms with Gasteiger partial charge in [-0.15, -0.1) is 0 Å². The average molecular weight is 441 g/mol. The summed E-state index contributed by atoms with van der Waals surface area (Å²) < 4.78 is 28.6. The lowest BCUT2D eigenvalue weighted by atomic mass is 9.74. The number of carbonyl (C=O) groups excluding carboxylic acids is 1. The third-order valence-electron chi connectivity index (χ3n) is 7.40. The molecule has 5 rings (SSSR count). The number of allylic oxidation sites excluding steroid dienone is 1. The number of β-lactam (4-membered cyclic amide) rings is 1. The van der Waals surface area contributed by atoms with E-state index in [1.54, 1.807) is 12.1 Å². The van der Waals surface area contributed by atoms with Gasteiger partial charge in [0.1, 0.15) is 0 Å². The highest BCUT2D eigenvalue weighted by atomic mass is 32.2. The van der Waals surface area contributed by atoms with E-state index in [0.29, 0.717) is 17.0 Å². The Balaban J connectivity index is 1.57. The van der Waals surface area contributed by atoms with Crippen molar-refractivity contribution in [1.29, 1.82) is 0 Å². The van der Waals surface area contributed by atoms with Crippen molar-refractivity contribution in [1.82, 2.24) is 4.90 Å². The summed E-state index contributed by atoms with van der Waals surface area (Å²) in [7, 11) is -3.69. The smallest absolute Gasteiger partial charge is 0.265 e. The molecule has 0 radical (unpaired) electrons. The monoisotopic (exact) mass is 440 g/mol. The summed E-state index contributed by atoms with van der Waals surface area (Å²) in [6, 6.07) is 9.25. The number of amides is 1. The van der Waals surface area contributed by atoms with E-state index >= 15 is 0 Å². The normalized spacial score (nSPS) is 26.3. The molecule has 164 valence electrons. The minimum Gasteiger partial charge on any atom is -0.396 e.